The molecule has 1 aliphatic heterocycles. The third kappa shape index (κ3) is 5.13. The van der Waals surface area contributed by atoms with Crippen LogP contribution in [-0.2, 0) is 14.8 Å². The van der Waals surface area contributed by atoms with Crippen LogP contribution in [0.25, 0.3) is 0 Å². The minimum Gasteiger partial charge on any atom is -0.325 e. The van der Waals surface area contributed by atoms with Crippen molar-refractivity contribution in [1.82, 2.24) is 10.0 Å². The first kappa shape index (κ1) is 19.2. The fraction of sp³-hybridized carbons (Fsp3) is 0.462. The number of nitrogens with one attached hydrogen (secondary N) is 3. The van der Waals surface area contributed by atoms with E-state index in [9.17, 15) is 13.2 Å². The Balaban J connectivity index is 0.00000242. The van der Waals surface area contributed by atoms with Crippen molar-refractivity contribution in [3.8, 4) is 0 Å². The monoisotopic (exact) mass is 365 g/mol. The van der Waals surface area contributed by atoms with Crippen molar-refractivity contribution >= 4 is 45.8 Å². The SMILES string of the molecule is CC(C)NS(=O)(=O)c1ccc(NC(=O)C2CSCN2)cc1.Cl. The average Bonchev–Trinajstić information content (AvgIpc) is 2.91. The third-order valence-electron chi connectivity index (χ3n) is 2.86. The standard InChI is InChI=1S/C13H19N3O3S2.ClH/c1-9(2)16-21(18,19)11-5-3-10(4-6-11)15-13(17)12-7-20-8-14-12;/h3-6,9,12,14,16H,7-8H2,1-2H3,(H,15,17);1H. The molecule has 2 rings (SSSR count). The van der Waals surface area contributed by atoms with E-state index in [-0.39, 0.29) is 35.3 Å². The predicted molar refractivity (Wildman–Crippen MR) is 92.0 cm³/mol. The second-order valence-electron chi connectivity index (χ2n) is 5.06. The molecule has 0 saturated carbocycles. The van der Waals surface area contributed by atoms with Gasteiger partial charge < -0.3 is 5.32 Å². The summed E-state index contributed by atoms with van der Waals surface area (Å²) in [7, 11) is -3.50. The zero-order valence-corrected chi connectivity index (χ0v) is 14.8. The minimum absolute atomic E-state index is 0. The van der Waals surface area contributed by atoms with Gasteiger partial charge in [-0.25, -0.2) is 13.1 Å². The van der Waals surface area contributed by atoms with Crippen LogP contribution >= 0.6 is 24.2 Å². The van der Waals surface area contributed by atoms with Crippen molar-refractivity contribution in [2.75, 3.05) is 16.9 Å². The van der Waals surface area contributed by atoms with E-state index in [1.165, 1.54) is 12.1 Å². The molecule has 0 radical (unpaired) electrons. The molecule has 1 fully saturated rings. The minimum atomic E-state index is -3.50. The molecule has 1 saturated heterocycles. The molecule has 22 heavy (non-hydrogen) atoms. The first-order chi connectivity index (χ1) is 9.88. The Bertz CT molecular complexity index is 599. The van der Waals surface area contributed by atoms with Crippen LogP contribution in [0.4, 0.5) is 5.69 Å². The molecule has 9 heteroatoms. The number of hydrogen-bond donors (Lipinski definition) is 3. The molecule has 0 aliphatic carbocycles. The molecule has 124 valence electrons. The van der Waals surface area contributed by atoms with Gasteiger partial charge in [0.2, 0.25) is 15.9 Å². The van der Waals surface area contributed by atoms with E-state index in [0.717, 1.165) is 11.6 Å². The molecule has 0 spiro atoms. The second kappa shape index (κ2) is 8.16. The molecule has 0 aromatic heterocycles. The fourth-order valence-corrected chi connectivity index (χ4v) is 4.08. The van der Waals surface area contributed by atoms with Crippen LogP contribution < -0.4 is 15.4 Å². The van der Waals surface area contributed by atoms with Gasteiger partial charge in [0.15, 0.2) is 0 Å². The Morgan fingerprint density at radius 2 is 1.95 bits per heavy atom. The maximum Gasteiger partial charge on any atom is 0.242 e. The second-order valence-corrected chi connectivity index (χ2v) is 7.81. The normalized spacial score (nSPS) is 18.0. The maximum absolute atomic E-state index is 12.0. The van der Waals surface area contributed by atoms with Gasteiger partial charge in [0.1, 0.15) is 0 Å². The smallest absolute Gasteiger partial charge is 0.242 e. The molecule has 1 unspecified atom stereocenters. The summed E-state index contributed by atoms with van der Waals surface area (Å²) in [6.07, 6.45) is 0. The molecule has 1 amide bonds. The van der Waals surface area contributed by atoms with Gasteiger partial charge in [-0.2, -0.15) is 0 Å². The molecule has 1 aromatic rings. The zero-order valence-electron chi connectivity index (χ0n) is 12.3. The maximum atomic E-state index is 12.0. The van der Waals surface area contributed by atoms with Crippen molar-refractivity contribution in [2.45, 2.75) is 30.8 Å². The molecule has 1 aliphatic rings. The summed E-state index contributed by atoms with van der Waals surface area (Å²) < 4.78 is 26.5. The number of thioether (sulfide) groups is 1. The van der Waals surface area contributed by atoms with E-state index < -0.39 is 10.0 Å². The molecule has 3 N–H and O–H groups in total. The van der Waals surface area contributed by atoms with Crippen LogP contribution in [-0.4, -0.2) is 38.0 Å². The summed E-state index contributed by atoms with van der Waals surface area (Å²) >= 11 is 1.67. The lowest BCUT2D eigenvalue weighted by molar-refractivity contribution is -0.117. The van der Waals surface area contributed by atoms with Gasteiger partial charge in [-0.05, 0) is 38.1 Å². The molecule has 1 aromatic carbocycles. The molecule has 0 bridgehead atoms. The first-order valence-corrected chi connectivity index (χ1v) is 9.26. The lowest BCUT2D eigenvalue weighted by Crippen LogP contribution is -2.37. The van der Waals surface area contributed by atoms with Gasteiger partial charge in [-0.3, -0.25) is 10.1 Å². The van der Waals surface area contributed by atoms with E-state index in [0.29, 0.717) is 5.69 Å². The average molecular weight is 366 g/mol. The molecule has 1 heterocycles. The number of amides is 1. The van der Waals surface area contributed by atoms with Crippen molar-refractivity contribution in [1.29, 1.82) is 0 Å². The topological polar surface area (TPSA) is 87.3 Å². The lowest BCUT2D eigenvalue weighted by Gasteiger charge is -2.12. The number of carbonyl (C=O) groups is 1. The lowest BCUT2D eigenvalue weighted by atomic mass is 10.2. The summed E-state index contributed by atoms with van der Waals surface area (Å²) in [6.45, 7) is 3.53. The van der Waals surface area contributed by atoms with Crippen LogP contribution in [0.5, 0.6) is 0 Å². The highest BCUT2D eigenvalue weighted by molar-refractivity contribution is 7.99. The molecule has 1 atom stereocenters. The zero-order chi connectivity index (χ0) is 15.5. The number of rotatable bonds is 5. The van der Waals surface area contributed by atoms with Crippen LogP contribution in [0.15, 0.2) is 29.2 Å². The van der Waals surface area contributed by atoms with Gasteiger partial charge in [0.05, 0.1) is 10.9 Å². The summed E-state index contributed by atoms with van der Waals surface area (Å²) in [5, 5.41) is 5.85. The number of benzene rings is 1. The van der Waals surface area contributed by atoms with Gasteiger partial charge in [0, 0.05) is 23.4 Å². The number of sulfonamides is 1. The molecule has 6 nitrogen and oxygen atoms in total. The third-order valence-corrected chi connectivity index (χ3v) is 5.47. The van der Waals surface area contributed by atoms with Crippen LogP contribution in [0.2, 0.25) is 0 Å². The van der Waals surface area contributed by atoms with E-state index in [1.807, 2.05) is 0 Å². The summed E-state index contributed by atoms with van der Waals surface area (Å²) in [5.41, 5.74) is 0.585. The van der Waals surface area contributed by atoms with Crippen molar-refractivity contribution in [3.05, 3.63) is 24.3 Å². The summed E-state index contributed by atoms with van der Waals surface area (Å²) in [6, 6.07) is 5.79. The van der Waals surface area contributed by atoms with E-state index in [1.54, 1.807) is 37.7 Å². The Hall–Kier alpha value is -0.800. The van der Waals surface area contributed by atoms with Crippen LogP contribution in [0, 0.1) is 0 Å². The Kier molecular flexibility index (Phi) is 7.14. The van der Waals surface area contributed by atoms with E-state index in [2.05, 4.69) is 15.4 Å². The van der Waals surface area contributed by atoms with E-state index in [4.69, 9.17) is 0 Å². The number of anilines is 1. The number of halogens is 1. The van der Waals surface area contributed by atoms with Crippen molar-refractivity contribution < 1.29 is 13.2 Å². The van der Waals surface area contributed by atoms with Crippen molar-refractivity contribution in [3.63, 3.8) is 0 Å². The quantitative estimate of drug-likeness (QED) is 0.734. The Morgan fingerprint density at radius 3 is 2.45 bits per heavy atom. The fourth-order valence-electron chi connectivity index (χ4n) is 1.89. The van der Waals surface area contributed by atoms with Gasteiger partial charge in [0.25, 0.3) is 0 Å². The summed E-state index contributed by atoms with van der Waals surface area (Å²) in [4.78, 5) is 12.1. The largest absolute Gasteiger partial charge is 0.325 e. The highest BCUT2D eigenvalue weighted by Crippen LogP contribution is 2.16. The molecular weight excluding hydrogens is 346 g/mol. The highest BCUT2D eigenvalue weighted by atomic mass is 35.5. The van der Waals surface area contributed by atoms with Gasteiger partial charge in [-0.15, -0.1) is 24.2 Å². The van der Waals surface area contributed by atoms with Crippen molar-refractivity contribution in [2.24, 2.45) is 0 Å². The van der Waals surface area contributed by atoms with Crippen LogP contribution in [0.3, 0.4) is 0 Å². The van der Waals surface area contributed by atoms with E-state index >= 15 is 0 Å². The van der Waals surface area contributed by atoms with Crippen LogP contribution in [0.1, 0.15) is 13.8 Å². The summed E-state index contributed by atoms with van der Waals surface area (Å²) in [5.74, 6) is 1.42. The Labute approximate surface area is 141 Å². The number of hydrogen-bond acceptors (Lipinski definition) is 5. The molecular formula is C13H20ClN3O3S2. The van der Waals surface area contributed by atoms with Gasteiger partial charge in [-0.1, -0.05) is 0 Å². The highest BCUT2D eigenvalue weighted by Gasteiger charge is 2.22. The first-order valence-electron chi connectivity index (χ1n) is 6.63. The van der Waals surface area contributed by atoms with Gasteiger partial charge >= 0.3 is 0 Å². The Morgan fingerprint density at radius 1 is 1.32 bits per heavy atom. The number of carbonyl (C=O) groups excluding carboxylic acids is 1. The predicted octanol–water partition coefficient (Wildman–Crippen LogP) is 1.40.